The van der Waals surface area contributed by atoms with Crippen LogP contribution < -0.4 is 10.6 Å². The number of carbonyl (C=O) groups is 1. The van der Waals surface area contributed by atoms with E-state index in [1.807, 2.05) is 6.20 Å². The summed E-state index contributed by atoms with van der Waals surface area (Å²) >= 11 is 7.50. The summed E-state index contributed by atoms with van der Waals surface area (Å²) in [4.78, 5) is 21.5. The Labute approximate surface area is 143 Å². The molecule has 0 radical (unpaired) electrons. The number of aromatic nitrogens is 2. The van der Waals surface area contributed by atoms with Crippen LogP contribution in [-0.4, -0.2) is 29.0 Å². The van der Waals surface area contributed by atoms with Gasteiger partial charge in [0.15, 0.2) is 5.13 Å². The van der Waals surface area contributed by atoms with Crippen molar-refractivity contribution >= 4 is 46.4 Å². The molecule has 0 unspecified atom stereocenters. The normalized spacial score (nSPS) is 15.1. The van der Waals surface area contributed by atoms with Crippen molar-refractivity contribution in [2.24, 2.45) is 0 Å². The fraction of sp³-hybridized carbons (Fsp3) is 0.357. The third-order valence-electron chi connectivity index (χ3n) is 3.50. The van der Waals surface area contributed by atoms with Crippen LogP contribution in [0.1, 0.15) is 34.0 Å². The molecule has 0 bridgehead atoms. The summed E-state index contributed by atoms with van der Waals surface area (Å²) in [5.41, 5.74) is 0.408. The maximum absolute atomic E-state index is 12.2. The molecule has 118 valence electrons. The van der Waals surface area contributed by atoms with Gasteiger partial charge in [-0.25, -0.2) is 4.98 Å². The molecule has 0 aliphatic carbocycles. The van der Waals surface area contributed by atoms with Crippen LogP contribution >= 0.6 is 35.3 Å². The molecular weight excluding hydrogens is 343 g/mol. The van der Waals surface area contributed by atoms with Gasteiger partial charge in [-0.1, -0.05) is 11.6 Å². The summed E-state index contributed by atoms with van der Waals surface area (Å²) in [5, 5.41) is 7.09. The van der Waals surface area contributed by atoms with Gasteiger partial charge in [-0.05, 0) is 37.9 Å². The number of nitrogens with zero attached hydrogens (tertiary/aromatic N) is 2. The third kappa shape index (κ3) is 3.95. The number of anilines is 1. The first-order valence-electron chi connectivity index (χ1n) is 6.81. The summed E-state index contributed by atoms with van der Waals surface area (Å²) in [6.45, 7) is 2.08. The molecule has 2 N–H and O–H groups in total. The van der Waals surface area contributed by atoms with Gasteiger partial charge < -0.3 is 5.32 Å². The molecule has 5 nitrogen and oxygen atoms in total. The van der Waals surface area contributed by atoms with Gasteiger partial charge in [-0.2, -0.15) is 0 Å². The summed E-state index contributed by atoms with van der Waals surface area (Å²) in [5.74, 6) is 0.285. The van der Waals surface area contributed by atoms with E-state index in [2.05, 4.69) is 20.6 Å². The second-order valence-electron chi connectivity index (χ2n) is 4.90. The third-order valence-corrected chi connectivity index (χ3v) is 4.88. The lowest BCUT2D eigenvalue weighted by molar-refractivity contribution is 0.102. The largest absolute Gasteiger partial charge is 0.317 e. The van der Waals surface area contributed by atoms with Crippen molar-refractivity contribution in [3.63, 3.8) is 0 Å². The smallest absolute Gasteiger partial charge is 0.259 e. The molecule has 1 aliphatic heterocycles. The highest BCUT2D eigenvalue weighted by Crippen LogP contribution is 2.31. The number of hydrogen-bond donors (Lipinski definition) is 2. The van der Waals surface area contributed by atoms with Gasteiger partial charge >= 0.3 is 0 Å². The predicted octanol–water partition coefficient (Wildman–Crippen LogP) is 3.33. The second kappa shape index (κ2) is 7.87. The van der Waals surface area contributed by atoms with Crippen LogP contribution in [0.5, 0.6) is 0 Å². The highest BCUT2D eigenvalue weighted by molar-refractivity contribution is 7.15. The maximum Gasteiger partial charge on any atom is 0.259 e. The summed E-state index contributed by atoms with van der Waals surface area (Å²) in [6.07, 6.45) is 7.10. The van der Waals surface area contributed by atoms with E-state index in [-0.39, 0.29) is 18.3 Å². The van der Waals surface area contributed by atoms with Crippen LogP contribution in [0, 0.1) is 0 Å². The average molecular weight is 359 g/mol. The minimum atomic E-state index is -0.256. The van der Waals surface area contributed by atoms with Crippen molar-refractivity contribution < 1.29 is 4.79 Å². The summed E-state index contributed by atoms with van der Waals surface area (Å²) < 4.78 is 0. The topological polar surface area (TPSA) is 66.9 Å². The van der Waals surface area contributed by atoms with Gasteiger partial charge in [0.05, 0.1) is 10.6 Å². The molecule has 1 amide bonds. The Morgan fingerprint density at radius 3 is 2.86 bits per heavy atom. The van der Waals surface area contributed by atoms with Crippen LogP contribution in [-0.2, 0) is 0 Å². The van der Waals surface area contributed by atoms with E-state index in [1.165, 1.54) is 22.4 Å². The van der Waals surface area contributed by atoms with Crippen molar-refractivity contribution in [3.05, 3.63) is 40.1 Å². The standard InChI is InChI=1S/C14H15ClN4OS.ClH/c15-11-7-17-6-3-10(11)13(20)19-14-18-8-12(21-14)9-1-4-16-5-2-9;/h3,6-9,16H,1-2,4-5H2,(H,18,19,20);1H. The summed E-state index contributed by atoms with van der Waals surface area (Å²) in [6, 6.07) is 1.60. The van der Waals surface area contributed by atoms with E-state index in [4.69, 9.17) is 11.6 Å². The van der Waals surface area contributed by atoms with E-state index in [0.29, 0.717) is 21.6 Å². The molecule has 2 aromatic rings. The Morgan fingerprint density at radius 2 is 2.14 bits per heavy atom. The van der Waals surface area contributed by atoms with Crippen molar-refractivity contribution in [2.75, 3.05) is 18.4 Å². The number of nitrogens with one attached hydrogen (secondary N) is 2. The lowest BCUT2D eigenvalue weighted by Crippen LogP contribution is -2.26. The van der Waals surface area contributed by atoms with Gasteiger partial charge in [0.1, 0.15) is 0 Å². The van der Waals surface area contributed by atoms with Gasteiger partial charge in [0, 0.05) is 23.5 Å². The fourth-order valence-corrected chi connectivity index (χ4v) is 3.55. The van der Waals surface area contributed by atoms with Crippen LogP contribution in [0.25, 0.3) is 0 Å². The van der Waals surface area contributed by atoms with Gasteiger partial charge in [0.25, 0.3) is 5.91 Å². The van der Waals surface area contributed by atoms with Gasteiger partial charge in [-0.3, -0.25) is 15.1 Å². The Kier molecular flexibility index (Phi) is 6.14. The first-order chi connectivity index (χ1) is 10.2. The minimum absolute atomic E-state index is 0. The van der Waals surface area contributed by atoms with Crippen molar-refractivity contribution in [1.29, 1.82) is 0 Å². The van der Waals surface area contributed by atoms with E-state index in [0.717, 1.165) is 25.9 Å². The fourth-order valence-electron chi connectivity index (χ4n) is 2.36. The van der Waals surface area contributed by atoms with E-state index >= 15 is 0 Å². The summed E-state index contributed by atoms with van der Waals surface area (Å²) in [7, 11) is 0. The van der Waals surface area contributed by atoms with Crippen LogP contribution in [0.4, 0.5) is 5.13 Å². The maximum atomic E-state index is 12.2. The molecule has 1 saturated heterocycles. The number of rotatable bonds is 3. The number of halogens is 2. The Balaban J connectivity index is 0.00000176. The number of carbonyl (C=O) groups excluding carboxylic acids is 1. The number of pyridine rings is 1. The zero-order valence-corrected chi connectivity index (χ0v) is 14.1. The van der Waals surface area contributed by atoms with E-state index in [9.17, 15) is 4.79 Å². The molecule has 1 aliphatic rings. The van der Waals surface area contributed by atoms with Gasteiger partial charge in [-0.15, -0.1) is 23.7 Å². The SMILES string of the molecule is Cl.O=C(Nc1ncc(C2CCNCC2)s1)c1ccncc1Cl. The zero-order valence-electron chi connectivity index (χ0n) is 11.7. The quantitative estimate of drug-likeness (QED) is 0.882. The van der Waals surface area contributed by atoms with Crippen molar-refractivity contribution in [1.82, 2.24) is 15.3 Å². The number of piperidine rings is 1. The average Bonchev–Trinajstić information content (AvgIpc) is 2.97. The predicted molar refractivity (Wildman–Crippen MR) is 91.4 cm³/mol. The number of hydrogen-bond acceptors (Lipinski definition) is 5. The van der Waals surface area contributed by atoms with Gasteiger partial charge in [0.2, 0.25) is 0 Å². The van der Waals surface area contributed by atoms with Crippen LogP contribution in [0.15, 0.2) is 24.7 Å². The molecule has 8 heteroatoms. The Hall–Kier alpha value is -1.21. The minimum Gasteiger partial charge on any atom is -0.317 e. The van der Waals surface area contributed by atoms with Crippen molar-refractivity contribution in [3.8, 4) is 0 Å². The van der Waals surface area contributed by atoms with E-state index in [1.54, 1.807) is 12.3 Å². The zero-order chi connectivity index (χ0) is 14.7. The highest BCUT2D eigenvalue weighted by Gasteiger charge is 2.19. The number of thiazole rings is 1. The molecule has 0 aromatic carbocycles. The first kappa shape index (κ1) is 17.1. The van der Waals surface area contributed by atoms with Crippen LogP contribution in [0.3, 0.4) is 0 Å². The molecule has 3 rings (SSSR count). The molecule has 22 heavy (non-hydrogen) atoms. The molecular formula is C14H16Cl2N4OS. The van der Waals surface area contributed by atoms with Crippen LogP contribution in [0.2, 0.25) is 5.02 Å². The number of amides is 1. The lowest BCUT2D eigenvalue weighted by atomic mass is 9.97. The molecule has 0 saturated carbocycles. The second-order valence-corrected chi connectivity index (χ2v) is 6.37. The van der Waals surface area contributed by atoms with E-state index < -0.39 is 0 Å². The Bertz CT molecular complexity index is 643. The molecule has 0 spiro atoms. The highest BCUT2D eigenvalue weighted by atomic mass is 35.5. The molecule has 2 aromatic heterocycles. The monoisotopic (exact) mass is 358 g/mol. The molecule has 0 atom stereocenters. The molecule has 1 fully saturated rings. The Morgan fingerprint density at radius 1 is 1.36 bits per heavy atom. The first-order valence-corrected chi connectivity index (χ1v) is 8.01. The lowest BCUT2D eigenvalue weighted by Gasteiger charge is -2.20. The van der Waals surface area contributed by atoms with Crippen molar-refractivity contribution in [2.45, 2.75) is 18.8 Å². The molecule has 3 heterocycles.